The number of anilines is 1. The Bertz CT molecular complexity index is 925. The highest BCUT2D eigenvalue weighted by Crippen LogP contribution is 2.24. The maximum absolute atomic E-state index is 12.9. The van der Waals surface area contributed by atoms with Crippen LogP contribution in [0.5, 0.6) is 0 Å². The summed E-state index contributed by atoms with van der Waals surface area (Å²) in [5.41, 5.74) is 1.21. The molecule has 0 bridgehead atoms. The Hall–Kier alpha value is -1.74. The Morgan fingerprint density at radius 2 is 1.74 bits per heavy atom. The summed E-state index contributed by atoms with van der Waals surface area (Å²) < 4.78 is 32.8. The van der Waals surface area contributed by atoms with Gasteiger partial charge >= 0.3 is 0 Å². The first-order chi connectivity index (χ1) is 12.7. The van der Waals surface area contributed by atoms with E-state index in [4.69, 9.17) is 4.74 Å². The van der Waals surface area contributed by atoms with E-state index < -0.39 is 10.0 Å². The molecule has 1 aromatic carbocycles. The van der Waals surface area contributed by atoms with Crippen molar-refractivity contribution in [2.75, 3.05) is 18.4 Å². The van der Waals surface area contributed by atoms with E-state index in [2.05, 4.69) is 5.32 Å². The normalized spacial score (nSPS) is 21.2. The van der Waals surface area contributed by atoms with Crippen LogP contribution in [0, 0.1) is 13.8 Å². The summed E-state index contributed by atoms with van der Waals surface area (Å²) >= 11 is 1.57. The number of sulfonamides is 1. The largest absolute Gasteiger partial charge is 0.373 e. The summed E-state index contributed by atoms with van der Waals surface area (Å²) in [6.07, 6.45) is -0.279. The number of carbonyl (C=O) groups excluding carboxylic acids is 1. The lowest BCUT2D eigenvalue weighted by Gasteiger charge is -2.34. The Balaban J connectivity index is 1.75. The molecule has 1 amide bonds. The summed E-state index contributed by atoms with van der Waals surface area (Å²) in [7, 11) is -3.59. The Morgan fingerprint density at radius 3 is 2.26 bits per heavy atom. The fourth-order valence-corrected chi connectivity index (χ4v) is 5.75. The fraction of sp³-hybridized carbons (Fsp3) is 0.421. The van der Waals surface area contributed by atoms with Crippen molar-refractivity contribution in [1.82, 2.24) is 4.31 Å². The molecule has 2 aromatic rings. The number of benzene rings is 1. The lowest BCUT2D eigenvalue weighted by Crippen LogP contribution is -2.48. The highest BCUT2D eigenvalue weighted by atomic mass is 32.2. The number of hydrogen-bond acceptors (Lipinski definition) is 5. The molecule has 0 saturated carbocycles. The van der Waals surface area contributed by atoms with Crippen LogP contribution in [-0.4, -0.2) is 43.9 Å². The third-order valence-corrected chi connectivity index (χ3v) is 7.23. The number of nitrogens with one attached hydrogen (secondary N) is 1. The first kappa shape index (κ1) is 20.0. The van der Waals surface area contributed by atoms with Crippen LogP contribution in [0.2, 0.25) is 0 Å². The van der Waals surface area contributed by atoms with Crippen molar-refractivity contribution in [3.05, 3.63) is 45.6 Å². The maximum atomic E-state index is 12.9. The van der Waals surface area contributed by atoms with E-state index in [9.17, 15) is 13.2 Å². The molecule has 0 spiro atoms. The molecule has 1 fully saturated rings. The molecule has 6 nitrogen and oxygen atoms in total. The van der Waals surface area contributed by atoms with Gasteiger partial charge in [0.1, 0.15) is 0 Å². The topological polar surface area (TPSA) is 75.7 Å². The maximum Gasteiger partial charge on any atom is 0.256 e. The molecule has 2 unspecified atom stereocenters. The predicted octanol–water partition coefficient (Wildman–Crippen LogP) is 3.42. The number of hydrogen-bond donors (Lipinski definition) is 1. The number of aryl methyl sites for hydroxylation is 2. The molecule has 0 radical (unpaired) electrons. The number of amides is 1. The summed E-state index contributed by atoms with van der Waals surface area (Å²) in [4.78, 5) is 14.7. The molecule has 2 heterocycles. The molecule has 1 aliphatic rings. The number of carbonyl (C=O) groups is 1. The van der Waals surface area contributed by atoms with Gasteiger partial charge < -0.3 is 10.1 Å². The average molecular weight is 409 g/mol. The van der Waals surface area contributed by atoms with E-state index in [1.54, 1.807) is 23.5 Å². The second kappa shape index (κ2) is 7.71. The highest BCUT2D eigenvalue weighted by molar-refractivity contribution is 7.89. The molecule has 2 atom stereocenters. The van der Waals surface area contributed by atoms with Crippen LogP contribution in [0.15, 0.2) is 35.2 Å². The first-order valence-electron chi connectivity index (χ1n) is 8.81. The van der Waals surface area contributed by atoms with Crippen LogP contribution in [0.3, 0.4) is 0 Å². The molecule has 0 aliphatic carbocycles. The molecule has 1 aromatic heterocycles. The van der Waals surface area contributed by atoms with Gasteiger partial charge in [0.25, 0.3) is 5.91 Å². The Morgan fingerprint density at radius 1 is 1.15 bits per heavy atom. The van der Waals surface area contributed by atoms with Crippen molar-refractivity contribution in [1.29, 1.82) is 0 Å². The lowest BCUT2D eigenvalue weighted by atomic mass is 10.2. The van der Waals surface area contributed by atoms with Crippen molar-refractivity contribution in [2.45, 2.75) is 44.8 Å². The van der Waals surface area contributed by atoms with Crippen LogP contribution in [-0.2, 0) is 14.8 Å². The van der Waals surface area contributed by atoms with E-state index >= 15 is 0 Å². The zero-order valence-electron chi connectivity index (χ0n) is 15.9. The van der Waals surface area contributed by atoms with Crippen LogP contribution in [0.25, 0.3) is 0 Å². The standard InChI is InChI=1S/C19H24N2O4S2/c1-12-10-21(11-13(2)25-12)27(23,24)17-7-5-16(6-8-17)20-19(22)18-9-14(3)26-15(18)4/h5-9,12-13H,10-11H2,1-4H3,(H,20,22). The van der Waals surface area contributed by atoms with Crippen molar-refractivity contribution < 1.29 is 17.9 Å². The molecule has 1 aliphatic heterocycles. The van der Waals surface area contributed by atoms with E-state index in [0.717, 1.165) is 9.75 Å². The number of morpholine rings is 1. The number of rotatable bonds is 4. The van der Waals surface area contributed by atoms with Crippen LogP contribution in [0.1, 0.15) is 34.0 Å². The average Bonchev–Trinajstić information content (AvgIpc) is 2.93. The minimum atomic E-state index is -3.59. The van der Waals surface area contributed by atoms with E-state index in [1.807, 2.05) is 33.8 Å². The van der Waals surface area contributed by atoms with Gasteiger partial charge in [-0.3, -0.25) is 4.79 Å². The van der Waals surface area contributed by atoms with Gasteiger partial charge in [-0.2, -0.15) is 4.31 Å². The number of thiophene rings is 1. The molecule has 8 heteroatoms. The van der Waals surface area contributed by atoms with Gasteiger partial charge in [0, 0.05) is 28.5 Å². The number of nitrogens with zero attached hydrogens (tertiary/aromatic N) is 1. The Kier molecular flexibility index (Phi) is 5.71. The monoisotopic (exact) mass is 408 g/mol. The van der Waals surface area contributed by atoms with Crippen molar-refractivity contribution in [2.24, 2.45) is 0 Å². The minimum Gasteiger partial charge on any atom is -0.373 e. The van der Waals surface area contributed by atoms with Gasteiger partial charge in [0.15, 0.2) is 0 Å². The van der Waals surface area contributed by atoms with Crippen LogP contribution < -0.4 is 5.32 Å². The molecule has 1 N–H and O–H groups in total. The smallest absolute Gasteiger partial charge is 0.256 e. The highest BCUT2D eigenvalue weighted by Gasteiger charge is 2.32. The molecular formula is C19H24N2O4S2. The van der Waals surface area contributed by atoms with Gasteiger partial charge in [-0.1, -0.05) is 0 Å². The Labute approximate surface area is 164 Å². The van der Waals surface area contributed by atoms with E-state index in [0.29, 0.717) is 24.3 Å². The van der Waals surface area contributed by atoms with Crippen molar-refractivity contribution in [3.63, 3.8) is 0 Å². The summed E-state index contributed by atoms with van der Waals surface area (Å²) in [5.74, 6) is -0.191. The van der Waals surface area contributed by atoms with Gasteiger partial charge in [-0.05, 0) is 58.0 Å². The second-order valence-corrected chi connectivity index (χ2v) is 10.3. The second-order valence-electron chi connectivity index (χ2n) is 6.88. The molecular weight excluding hydrogens is 384 g/mol. The van der Waals surface area contributed by atoms with Gasteiger partial charge in [0.2, 0.25) is 10.0 Å². The first-order valence-corrected chi connectivity index (χ1v) is 11.1. The van der Waals surface area contributed by atoms with Crippen molar-refractivity contribution >= 4 is 33.0 Å². The predicted molar refractivity (Wildman–Crippen MR) is 107 cm³/mol. The quantitative estimate of drug-likeness (QED) is 0.841. The molecule has 27 heavy (non-hydrogen) atoms. The van der Waals surface area contributed by atoms with Gasteiger partial charge in [0.05, 0.1) is 22.7 Å². The van der Waals surface area contributed by atoms with Crippen LogP contribution in [0.4, 0.5) is 5.69 Å². The molecule has 3 rings (SSSR count). The lowest BCUT2D eigenvalue weighted by molar-refractivity contribution is -0.0440. The zero-order chi connectivity index (χ0) is 19.8. The van der Waals surface area contributed by atoms with Gasteiger partial charge in [-0.25, -0.2) is 8.42 Å². The minimum absolute atomic E-state index is 0.139. The van der Waals surface area contributed by atoms with Crippen molar-refractivity contribution in [3.8, 4) is 0 Å². The summed E-state index contributed by atoms with van der Waals surface area (Å²) in [6.45, 7) is 8.27. The van der Waals surface area contributed by atoms with E-state index in [-0.39, 0.29) is 23.0 Å². The third kappa shape index (κ3) is 4.40. The number of ether oxygens (including phenoxy) is 1. The van der Waals surface area contributed by atoms with E-state index in [1.165, 1.54) is 16.4 Å². The summed E-state index contributed by atoms with van der Waals surface area (Å²) in [5, 5.41) is 2.82. The molecule has 146 valence electrons. The van der Waals surface area contributed by atoms with Crippen LogP contribution >= 0.6 is 11.3 Å². The SMILES string of the molecule is Cc1cc(C(=O)Nc2ccc(S(=O)(=O)N3CC(C)OC(C)C3)cc2)c(C)s1. The molecule has 1 saturated heterocycles. The van der Waals surface area contributed by atoms with Gasteiger partial charge in [-0.15, -0.1) is 11.3 Å². The zero-order valence-corrected chi connectivity index (χ0v) is 17.5. The fourth-order valence-electron chi connectivity index (χ4n) is 3.24. The summed E-state index contributed by atoms with van der Waals surface area (Å²) in [6, 6.07) is 8.15. The third-order valence-electron chi connectivity index (χ3n) is 4.42.